The van der Waals surface area contributed by atoms with Crippen molar-refractivity contribution in [3.05, 3.63) is 0 Å². The van der Waals surface area contributed by atoms with Gasteiger partial charge in [0.2, 0.25) is 0 Å². The molecule has 90 valence electrons. The first-order valence-electron chi connectivity index (χ1n) is 4.98. The predicted octanol–water partition coefficient (Wildman–Crippen LogP) is -2.43. The molecule has 0 saturated carbocycles. The van der Waals surface area contributed by atoms with E-state index in [1.807, 2.05) is 0 Å². The summed E-state index contributed by atoms with van der Waals surface area (Å²) in [7, 11) is 0. The monoisotopic (exact) mass is 221 g/mol. The smallest absolute Gasteiger partial charge is 0.123 e. The van der Waals surface area contributed by atoms with Crippen LogP contribution in [0.25, 0.3) is 0 Å². The van der Waals surface area contributed by atoms with Gasteiger partial charge < -0.3 is 30.9 Å². The molecule has 0 aliphatic carbocycles. The minimum atomic E-state index is -1.69. The molecule has 5 atom stereocenters. The van der Waals surface area contributed by atoms with Crippen LogP contribution in [0.2, 0.25) is 0 Å². The van der Waals surface area contributed by atoms with E-state index in [0.29, 0.717) is 0 Å². The molecule has 0 radical (unpaired) electrons. The van der Waals surface area contributed by atoms with Crippen LogP contribution in [-0.4, -0.2) is 63.6 Å². The molecule has 1 saturated heterocycles. The molecule has 1 aliphatic rings. The van der Waals surface area contributed by atoms with Crippen molar-refractivity contribution in [3.8, 4) is 0 Å². The number of ether oxygens (including phenoxy) is 1. The molecule has 1 fully saturated rings. The number of nitrogens with two attached hydrogens (primary N) is 1. The highest BCUT2D eigenvalue weighted by Crippen LogP contribution is 2.30. The third-order valence-electron chi connectivity index (χ3n) is 2.72. The van der Waals surface area contributed by atoms with Crippen molar-refractivity contribution in [1.29, 1.82) is 0 Å². The lowest BCUT2D eigenvalue weighted by molar-refractivity contribution is -0.252. The molecular formula is C9H19NO5. The molecular weight excluding hydrogens is 202 g/mol. The Hall–Kier alpha value is -0.240. The maximum Gasteiger partial charge on any atom is 0.123 e. The summed E-state index contributed by atoms with van der Waals surface area (Å²) in [6.45, 7) is 1.14. The fourth-order valence-corrected chi connectivity index (χ4v) is 1.95. The minimum Gasteiger partial charge on any atom is -0.394 e. The topological polar surface area (TPSA) is 116 Å². The normalized spacial score (nSPS) is 44.0. The second-order valence-electron chi connectivity index (χ2n) is 4.19. The highest BCUT2D eigenvalue weighted by molar-refractivity contribution is 5.01. The quantitative estimate of drug-likeness (QED) is 0.362. The third-order valence-corrected chi connectivity index (χ3v) is 2.72. The van der Waals surface area contributed by atoms with Crippen LogP contribution in [0.4, 0.5) is 0 Å². The van der Waals surface area contributed by atoms with E-state index in [1.165, 1.54) is 0 Å². The van der Waals surface area contributed by atoms with Gasteiger partial charge in [-0.1, -0.05) is 0 Å². The fourth-order valence-electron chi connectivity index (χ4n) is 1.95. The van der Waals surface area contributed by atoms with E-state index in [2.05, 4.69) is 0 Å². The molecule has 0 aromatic carbocycles. The van der Waals surface area contributed by atoms with E-state index in [9.17, 15) is 15.3 Å². The molecule has 6 N–H and O–H groups in total. The van der Waals surface area contributed by atoms with Crippen molar-refractivity contribution in [3.63, 3.8) is 0 Å². The molecule has 0 bridgehead atoms. The second-order valence-corrected chi connectivity index (χ2v) is 4.19. The summed E-state index contributed by atoms with van der Waals surface area (Å²) < 4.78 is 5.06. The van der Waals surface area contributed by atoms with Gasteiger partial charge in [-0.2, -0.15) is 0 Å². The van der Waals surface area contributed by atoms with Crippen LogP contribution in [0.5, 0.6) is 0 Å². The largest absolute Gasteiger partial charge is 0.394 e. The Morgan fingerprint density at radius 1 is 1.53 bits per heavy atom. The van der Waals surface area contributed by atoms with Crippen LogP contribution in [0.3, 0.4) is 0 Å². The molecule has 15 heavy (non-hydrogen) atoms. The standard InChI is InChI=1S/C9H19NO5/c1-5(10)2-9(14)7(3-11)15-4-6(12)8(9)13/h5-8,11-14H,2-4,10H2,1H3/t5?,6-,7+,8+,9-/m0/s1. The zero-order valence-corrected chi connectivity index (χ0v) is 8.71. The summed E-state index contributed by atoms with van der Waals surface area (Å²) in [5.74, 6) is 0. The summed E-state index contributed by atoms with van der Waals surface area (Å²) in [5, 5.41) is 38.3. The van der Waals surface area contributed by atoms with Gasteiger partial charge in [-0.05, 0) is 13.3 Å². The molecule has 0 aromatic rings. The van der Waals surface area contributed by atoms with Crippen molar-refractivity contribution in [2.75, 3.05) is 13.2 Å². The first-order chi connectivity index (χ1) is 6.91. The van der Waals surface area contributed by atoms with Gasteiger partial charge in [-0.15, -0.1) is 0 Å². The van der Waals surface area contributed by atoms with Gasteiger partial charge in [0.1, 0.15) is 23.9 Å². The van der Waals surface area contributed by atoms with Crippen molar-refractivity contribution in [1.82, 2.24) is 0 Å². The van der Waals surface area contributed by atoms with Crippen molar-refractivity contribution >= 4 is 0 Å². The number of aliphatic hydroxyl groups is 4. The van der Waals surface area contributed by atoms with Gasteiger partial charge in [0.05, 0.1) is 13.2 Å². The predicted molar refractivity (Wildman–Crippen MR) is 52.1 cm³/mol. The van der Waals surface area contributed by atoms with Crippen LogP contribution < -0.4 is 5.73 Å². The zero-order valence-electron chi connectivity index (χ0n) is 8.71. The fraction of sp³-hybridized carbons (Fsp3) is 1.00. The van der Waals surface area contributed by atoms with Crippen LogP contribution in [-0.2, 0) is 4.74 Å². The molecule has 1 aliphatic heterocycles. The summed E-state index contributed by atoms with van der Waals surface area (Å²) in [5.41, 5.74) is 3.85. The molecule has 1 heterocycles. The lowest BCUT2D eigenvalue weighted by Crippen LogP contribution is -2.65. The van der Waals surface area contributed by atoms with Crippen molar-refractivity contribution in [2.24, 2.45) is 5.73 Å². The van der Waals surface area contributed by atoms with E-state index >= 15 is 0 Å². The summed E-state index contributed by atoms with van der Waals surface area (Å²) >= 11 is 0. The van der Waals surface area contributed by atoms with E-state index in [1.54, 1.807) is 6.92 Å². The van der Waals surface area contributed by atoms with Crippen molar-refractivity contribution in [2.45, 2.75) is 43.3 Å². The number of rotatable bonds is 3. The maximum atomic E-state index is 10.2. The van der Waals surface area contributed by atoms with Gasteiger partial charge in [0.15, 0.2) is 0 Å². The minimum absolute atomic E-state index is 0.0520. The van der Waals surface area contributed by atoms with E-state index < -0.39 is 30.5 Å². The molecule has 0 spiro atoms. The Bertz CT molecular complexity index is 209. The van der Waals surface area contributed by atoms with Crippen LogP contribution in [0.1, 0.15) is 13.3 Å². The summed E-state index contributed by atoms with van der Waals surface area (Å²) in [4.78, 5) is 0. The first kappa shape index (κ1) is 12.8. The van der Waals surface area contributed by atoms with E-state index in [4.69, 9.17) is 15.6 Å². The van der Waals surface area contributed by atoms with Gasteiger partial charge in [-0.25, -0.2) is 0 Å². The molecule has 6 nitrogen and oxygen atoms in total. The summed E-state index contributed by atoms with van der Waals surface area (Å²) in [6, 6.07) is -0.368. The second kappa shape index (κ2) is 4.73. The van der Waals surface area contributed by atoms with Crippen LogP contribution >= 0.6 is 0 Å². The molecule has 1 unspecified atom stereocenters. The zero-order chi connectivity index (χ0) is 11.6. The van der Waals surface area contributed by atoms with Gasteiger partial charge >= 0.3 is 0 Å². The average molecular weight is 221 g/mol. The number of aliphatic hydroxyl groups excluding tert-OH is 3. The molecule has 0 amide bonds. The Morgan fingerprint density at radius 2 is 2.13 bits per heavy atom. The lowest BCUT2D eigenvalue weighted by Gasteiger charge is -2.45. The van der Waals surface area contributed by atoms with Crippen LogP contribution in [0.15, 0.2) is 0 Å². The molecule has 0 aromatic heterocycles. The number of hydrogen-bond donors (Lipinski definition) is 5. The Kier molecular flexibility index (Phi) is 4.05. The lowest BCUT2D eigenvalue weighted by atomic mass is 9.80. The maximum absolute atomic E-state index is 10.2. The molecule has 1 rings (SSSR count). The van der Waals surface area contributed by atoms with E-state index in [-0.39, 0.29) is 19.1 Å². The Balaban J connectivity index is 2.84. The highest BCUT2D eigenvalue weighted by Gasteiger charge is 2.50. The SMILES string of the molecule is CC(N)C[C@@]1(O)[C@H](O)[C@@H](O)CO[C@@H]1CO. The van der Waals surface area contributed by atoms with Crippen LogP contribution in [0, 0.1) is 0 Å². The van der Waals surface area contributed by atoms with Gasteiger partial charge in [0, 0.05) is 6.04 Å². The van der Waals surface area contributed by atoms with Crippen molar-refractivity contribution < 1.29 is 25.2 Å². The first-order valence-corrected chi connectivity index (χ1v) is 4.98. The van der Waals surface area contributed by atoms with Gasteiger partial charge in [0.25, 0.3) is 0 Å². The summed E-state index contributed by atoms with van der Waals surface area (Å²) in [6.07, 6.45) is -3.37. The number of hydrogen-bond acceptors (Lipinski definition) is 6. The van der Waals surface area contributed by atoms with Gasteiger partial charge in [-0.3, -0.25) is 0 Å². The molecule has 6 heteroatoms. The Morgan fingerprint density at radius 3 is 2.60 bits per heavy atom. The third kappa shape index (κ3) is 2.47. The average Bonchev–Trinajstić information content (AvgIpc) is 2.14. The Labute approximate surface area is 88.3 Å². The van der Waals surface area contributed by atoms with E-state index in [0.717, 1.165) is 0 Å². The highest BCUT2D eigenvalue weighted by atomic mass is 16.5.